The van der Waals surface area contributed by atoms with Gasteiger partial charge in [0, 0.05) is 18.6 Å². The van der Waals surface area contributed by atoms with Crippen LogP contribution in [-0.4, -0.2) is 36.6 Å². The lowest BCUT2D eigenvalue weighted by atomic mass is 9.86. The van der Waals surface area contributed by atoms with Crippen molar-refractivity contribution < 1.29 is 0 Å². The van der Waals surface area contributed by atoms with Gasteiger partial charge in [-0.15, -0.1) is 0 Å². The smallest absolute Gasteiger partial charge is 0.0123 e. The predicted octanol–water partition coefficient (Wildman–Crippen LogP) is 2.23. The maximum Gasteiger partial charge on any atom is 0.0123 e. The van der Waals surface area contributed by atoms with Gasteiger partial charge in [0.15, 0.2) is 0 Å². The Morgan fingerprint density at radius 2 is 1.84 bits per heavy atom. The molecule has 4 atom stereocenters. The van der Waals surface area contributed by atoms with Gasteiger partial charge in [-0.1, -0.05) is 24.3 Å². The number of piperidine rings is 1. The second-order valence-electron chi connectivity index (χ2n) is 6.62. The zero-order valence-electron chi connectivity index (χ0n) is 11.6. The third-order valence-corrected chi connectivity index (χ3v) is 5.43. The van der Waals surface area contributed by atoms with E-state index in [2.05, 4.69) is 34.5 Å². The summed E-state index contributed by atoms with van der Waals surface area (Å²) in [5, 5.41) is 4.00. The van der Waals surface area contributed by atoms with Gasteiger partial charge in [-0.2, -0.15) is 0 Å². The molecular formula is C17H24N2. The maximum atomic E-state index is 4.00. The highest BCUT2D eigenvalue weighted by Crippen LogP contribution is 2.29. The minimum absolute atomic E-state index is 0.715. The van der Waals surface area contributed by atoms with Crippen LogP contribution in [0, 0.1) is 5.92 Å². The topological polar surface area (TPSA) is 15.3 Å². The fourth-order valence-electron chi connectivity index (χ4n) is 4.31. The molecule has 2 fully saturated rings. The third kappa shape index (κ3) is 2.32. The molecule has 3 aliphatic rings. The lowest BCUT2D eigenvalue weighted by Gasteiger charge is -2.36. The van der Waals surface area contributed by atoms with Crippen LogP contribution < -0.4 is 5.32 Å². The summed E-state index contributed by atoms with van der Waals surface area (Å²) in [4.78, 5) is 2.64. The van der Waals surface area contributed by atoms with Crippen molar-refractivity contribution in [1.82, 2.24) is 10.2 Å². The Kier molecular flexibility index (Phi) is 3.08. The van der Waals surface area contributed by atoms with Gasteiger partial charge in [0.2, 0.25) is 0 Å². The number of hydrogen-bond acceptors (Lipinski definition) is 2. The van der Waals surface area contributed by atoms with Crippen LogP contribution in [0.1, 0.15) is 30.4 Å². The van der Waals surface area contributed by atoms with Crippen molar-refractivity contribution in [2.24, 2.45) is 5.92 Å². The monoisotopic (exact) mass is 256 g/mol. The Bertz CT molecular complexity index is 456. The molecule has 0 spiro atoms. The van der Waals surface area contributed by atoms with Crippen LogP contribution in [-0.2, 0) is 12.8 Å². The molecular weight excluding hydrogens is 232 g/mol. The van der Waals surface area contributed by atoms with Crippen LogP contribution in [0.4, 0.5) is 0 Å². The second-order valence-corrected chi connectivity index (χ2v) is 6.62. The molecule has 2 nitrogen and oxygen atoms in total. The van der Waals surface area contributed by atoms with Crippen molar-refractivity contribution in [2.75, 3.05) is 19.6 Å². The lowest BCUT2D eigenvalue weighted by Crippen LogP contribution is -2.49. The fourth-order valence-corrected chi connectivity index (χ4v) is 4.31. The first-order chi connectivity index (χ1) is 9.38. The van der Waals surface area contributed by atoms with E-state index in [1.165, 1.54) is 51.7 Å². The average molecular weight is 256 g/mol. The van der Waals surface area contributed by atoms with Crippen molar-refractivity contribution in [3.05, 3.63) is 35.4 Å². The summed E-state index contributed by atoms with van der Waals surface area (Å²) in [5.41, 5.74) is 3.16. The molecule has 102 valence electrons. The molecule has 0 amide bonds. The molecule has 1 aromatic carbocycles. The predicted molar refractivity (Wildman–Crippen MR) is 78.3 cm³/mol. The van der Waals surface area contributed by atoms with Crippen molar-refractivity contribution >= 4 is 0 Å². The molecule has 0 saturated carbocycles. The van der Waals surface area contributed by atoms with E-state index in [4.69, 9.17) is 0 Å². The average Bonchev–Trinajstić information content (AvgIpc) is 2.85. The number of fused-ring (bicyclic) bond motifs is 3. The summed E-state index contributed by atoms with van der Waals surface area (Å²) < 4.78 is 0. The number of nitrogens with one attached hydrogen (secondary N) is 1. The summed E-state index contributed by atoms with van der Waals surface area (Å²) in [5.74, 6) is 0.922. The summed E-state index contributed by atoms with van der Waals surface area (Å²) in [6, 6.07) is 10.5. The lowest BCUT2D eigenvalue weighted by molar-refractivity contribution is 0.205. The van der Waals surface area contributed by atoms with Crippen molar-refractivity contribution in [3.63, 3.8) is 0 Å². The van der Waals surface area contributed by atoms with Crippen LogP contribution in [0.15, 0.2) is 24.3 Å². The Balaban J connectivity index is 1.42. The van der Waals surface area contributed by atoms with Gasteiger partial charge >= 0.3 is 0 Å². The van der Waals surface area contributed by atoms with E-state index in [0.717, 1.165) is 12.0 Å². The summed E-state index contributed by atoms with van der Waals surface area (Å²) in [6.45, 7) is 4.01. The molecule has 2 heterocycles. The highest BCUT2D eigenvalue weighted by molar-refractivity contribution is 5.30. The van der Waals surface area contributed by atoms with Gasteiger partial charge in [0.05, 0.1) is 0 Å². The zero-order chi connectivity index (χ0) is 12.7. The Morgan fingerprint density at radius 3 is 2.79 bits per heavy atom. The highest BCUT2D eigenvalue weighted by atomic mass is 15.2. The molecule has 4 rings (SSSR count). The van der Waals surface area contributed by atoms with E-state index in [1.54, 1.807) is 11.1 Å². The first kappa shape index (κ1) is 11.9. The quantitative estimate of drug-likeness (QED) is 0.873. The molecule has 1 N–H and O–H groups in total. The van der Waals surface area contributed by atoms with Gasteiger partial charge in [-0.3, -0.25) is 0 Å². The van der Waals surface area contributed by atoms with E-state index in [-0.39, 0.29) is 0 Å². The molecule has 2 bridgehead atoms. The molecule has 0 aromatic heterocycles. The highest BCUT2D eigenvalue weighted by Gasteiger charge is 2.35. The second kappa shape index (κ2) is 4.92. The van der Waals surface area contributed by atoms with Gasteiger partial charge in [-0.25, -0.2) is 0 Å². The van der Waals surface area contributed by atoms with Crippen molar-refractivity contribution in [1.29, 1.82) is 0 Å². The van der Waals surface area contributed by atoms with Gasteiger partial charge in [0.25, 0.3) is 0 Å². The van der Waals surface area contributed by atoms with Gasteiger partial charge in [-0.05, 0) is 62.2 Å². The summed E-state index contributed by atoms with van der Waals surface area (Å²) in [6.07, 6.45) is 6.61. The molecule has 4 unspecified atom stereocenters. The number of benzene rings is 1. The first-order valence-corrected chi connectivity index (χ1v) is 7.94. The minimum atomic E-state index is 0.715. The molecule has 19 heavy (non-hydrogen) atoms. The van der Waals surface area contributed by atoms with E-state index < -0.39 is 0 Å². The van der Waals surface area contributed by atoms with Crippen molar-refractivity contribution in [3.8, 4) is 0 Å². The molecule has 0 radical (unpaired) electrons. The molecule has 1 aromatic rings. The number of aryl methyl sites for hydroxylation is 1. The fraction of sp³-hybridized carbons (Fsp3) is 0.647. The number of rotatable bonds is 2. The Labute approximate surface area is 116 Å². The molecule has 2 heteroatoms. The van der Waals surface area contributed by atoms with E-state index in [1.807, 2.05) is 0 Å². The number of nitrogens with zero attached hydrogens (tertiary/aromatic N) is 1. The van der Waals surface area contributed by atoms with E-state index >= 15 is 0 Å². The van der Waals surface area contributed by atoms with E-state index in [0.29, 0.717) is 6.04 Å². The summed E-state index contributed by atoms with van der Waals surface area (Å²) >= 11 is 0. The largest absolute Gasteiger partial charge is 0.311 e. The van der Waals surface area contributed by atoms with Crippen LogP contribution in [0.25, 0.3) is 0 Å². The molecule has 1 aliphatic carbocycles. The van der Waals surface area contributed by atoms with Crippen molar-refractivity contribution in [2.45, 2.75) is 44.2 Å². The molecule has 2 saturated heterocycles. The van der Waals surface area contributed by atoms with Gasteiger partial charge in [0.1, 0.15) is 0 Å². The van der Waals surface area contributed by atoms with Crippen LogP contribution in [0.2, 0.25) is 0 Å². The first-order valence-electron chi connectivity index (χ1n) is 7.94. The Hall–Kier alpha value is -0.860. The zero-order valence-corrected chi connectivity index (χ0v) is 11.6. The maximum absolute atomic E-state index is 4.00. The standard InChI is InChI=1S/C17H24N2/c1-2-4-14-11-16(6-5-13(14)3-1)18-17-8-10-19-9-7-15(17)12-19/h1-4,15-18H,5-12H2. The summed E-state index contributed by atoms with van der Waals surface area (Å²) in [7, 11) is 0. The Morgan fingerprint density at radius 1 is 1.00 bits per heavy atom. The SMILES string of the molecule is c1ccc2c(c1)CCC(NC1CCN3CCC1C3)C2. The number of hydrogen-bond donors (Lipinski definition) is 1. The third-order valence-electron chi connectivity index (χ3n) is 5.43. The molecule has 2 aliphatic heterocycles. The van der Waals surface area contributed by atoms with Crippen LogP contribution >= 0.6 is 0 Å². The van der Waals surface area contributed by atoms with Crippen LogP contribution in [0.3, 0.4) is 0 Å². The van der Waals surface area contributed by atoms with E-state index in [9.17, 15) is 0 Å². The van der Waals surface area contributed by atoms with Gasteiger partial charge < -0.3 is 10.2 Å². The minimum Gasteiger partial charge on any atom is -0.311 e. The van der Waals surface area contributed by atoms with Crippen LogP contribution in [0.5, 0.6) is 0 Å². The normalized spacial score (nSPS) is 37.1.